The summed E-state index contributed by atoms with van der Waals surface area (Å²) in [5.41, 5.74) is 2.12. The lowest BCUT2D eigenvalue weighted by Crippen LogP contribution is -2.37. The van der Waals surface area contributed by atoms with Crippen molar-refractivity contribution < 1.29 is 4.74 Å². The molecule has 0 spiro atoms. The number of rotatable bonds is 7. The van der Waals surface area contributed by atoms with E-state index in [0.717, 1.165) is 35.1 Å². The van der Waals surface area contributed by atoms with Crippen molar-refractivity contribution in [3.05, 3.63) is 71.4 Å². The van der Waals surface area contributed by atoms with Gasteiger partial charge < -0.3 is 15.4 Å². The van der Waals surface area contributed by atoms with Crippen LogP contribution >= 0.6 is 11.6 Å². The first-order valence-corrected chi connectivity index (χ1v) is 9.27. The fourth-order valence-electron chi connectivity index (χ4n) is 2.65. The van der Waals surface area contributed by atoms with Crippen molar-refractivity contribution >= 4 is 17.6 Å². The number of hydrogen-bond acceptors (Lipinski definition) is 4. The van der Waals surface area contributed by atoms with Gasteiger partial charge in [-0.15, -0.1) is 0 Å². The maximum atomic E-state index is 6.28. The lowest BCUT2D eigenvalue weighted by molar-refractivity contribution is 0.414. The van der Waals surface area contributed by atoms with Crippen LogP contribution in [0.15, 0.2) is 60.2 Å². The summed E-state index contributed by atoms with van der Waals surface area (Å²) in [6, 6.07) is 9.70. The second-order valence-corrected chi connectivity index (χ2v) is 6.46. The molecule has 0 bridgehead atoms. The van der Waals surface area contributed by atoms with Crippen LogP contribution in [-0.2, 0) is 13.0 Å². The van der Waals surface area contributed by atoms with Crippen LogP contribution in [-0.4, -0.2) is 41.2 Å². The molecular weight excluding hydrogens is 376 g/mol. The number of benzene rings is 1. The van der Waals surface area contributed by atoms with E-state index >= 15 is 0 Å². The van der Waals surface area contributed by atoms with Crippen molar-refractivity contribution in [2.45, 2.75) is 13.0 Å². The number of pyridine rings is 1. The summed E-state index contributed by atoms with van der Waals surface area (Å²) in [5.74, 6) is 2.32. The normalized spacial score (nSPS) is 11.3. The first kappa shape index (κ1) is 19.7. The maximum absolute atomic E-state index is 6.28. The predicted molar refractivity (Wildman–Crippen MR) is 111 cm³/mol. The largest absolute Gasteiger partial charge is 0.497 e. The topological polar surface area (TPSA) is 76.4 Å². The van der Waals surface area contributed by atoms with Gasteiger partial charge in [-0.05, 0) is 35.7 Å². The smallest absolute Gasteiger partial charge is 0.191 e. The van der Waals surface area contributed by atoms with Gasteiger partial charge in [0.15, 0.2) is 5.96 Å². The number of aromatic nitrogens is 3. The standard InChI is InChI=1S/C20H23ClN6O/c1-22-20(24-8-7-16-4-5-17(28-2)11-18(16)21)26-13-15-3-6-19(25-12-15)27-10-9-23-14-27/h3-6,9-12,14H,7-8,13H2,1-2H3,(H2,22,24,26). The van der Waals surface area contributed by atoms with E-state index in [2.05, 4.69) is 25.6 Å². The third-order valence-corrected chi connectivity index (χ3v) is 4.56. The highest BCUT2D eigenvalue weighted by atomic mass is 35.5. The van der Waals surface area contributed by atoms with Crippen LogP contribution in [0, 0.1) is 0 Å². The minimum absolute atomic E-state index is 0.625. The van der Waals surface area contributed by atoms with Crippen LogP contribution in [0.25, 0.3) is 5.82 Å². The minimum Gasteiger partial charge on any atom is -0.497 e. The lowest BCUT2D eigenvalue weighted by atomic mass is 10.1. The Kier molecular flexibility index (Phi) is 6.86. The fourth-order valence-corrected chi connectivity index (χ4v) is 2.91. The number of guanidine groups is 1. The van der Waals surface area contributed by atoms with E-state index in [1.165, 1.54) is 0 Å². The molecule has 0 saturated carbocycles. The van der Waals surface area contributed by atoms with Crippen LogP contribution in [0.2, 0.25) is 5.02 Å². The monoisotopic (exact) mass is 398 g/mol. The molecule has 2 aromatic heterocycles. The van der Waals surface area contributed by atoms with E-state index in [0.29, 0.717) is 18.1 Å². The highest BCUT2D eigenvalue weighted by molar-refractivity contribution is 6.31. The highest BCUT2D eigenvalue weighted by Gasteiger charge is 2.04. The van der Waals surface area contributed by atoms with E-state index < -0.39 is 0 Å². The average molecular weight is 399 g/mol. The van der Waals surface area contributed by atoms with Crippen molar-refractivity contribution in [1.82, 2.24) is 25.2 Å². The number of hydrogen-bond donors (Lipinski definition) is 2. The lowest BCUT2D eigenvalue weighted by Gasteiger charge is -2.13. The van der Waals surface area contributed by atoms with Crippen molar-refractivity contribution in [1.29, 1.82) is 0 Å². The summed E-state index contributed by atoms with van der Waals surface area (Å²) in [4.78, 5) is 12.7. The number of methoxy groups -OCH3 is 1. The molecule has 1 aromatic carbocycles. The van der Waals surface area contributed by atoms with Gasteiger partial charge in [0.1, 0.15) is 17.9 Å². The van der Waals surface area contributed by atoms with Crippen LogP contribution in [0.5, 0.6) is 5.75 Å². The van der Waals surface area contributed by atoms with Gasteiger partial charge in [-0.3, -0.25) is 9.56 Å². The van der Waals surface area contributed by atoms with Gasteiger partial charge in [-0.2, -0.15) is 0 Å². The van der Waals surface area contributed by atoms with Gasteiger partial charge >= 0.3 is 0 Å². The fraction of sp³-hybridized carbons (Fsp3) is 0.250. The number of aliphatic imine (C=N–C) groups is 1. The van der Waals surface area contributed by atoms with E-state index in [1.807, 2.05) is 47.3 Å². The molecule has 0 aliphatic carbocycles. The molecule has 28 heavy (non-hydrogen) atoms. The Morgan fingerprint density at radius 3 is 2.79 bits per heavy atom. The molecule has 0 amide bonds. The Balaban J connectivity index is 1.47. The third kappa shape index (κ3) is 5.23. The Morgan fingerprint density at radius 2 is 2.14 bits per heavy atom. The maximum Gasteiger partial charge on any atom is 0.191 e. The molecule has 3 aromatic rings. The second kappa shape index (κ2) is 9.75. The Hall–Kier alpha value is -3.06. The Labute approximate surface area is 169 Å². The van der Waals surface area contributed by atoms with Crippen LogP contribution in [0.4, 0.5) is 0 Å². The molecule has 146 valence electrons. The first-order chi connectivity index (χ1) is 13.7. The predicted octanol–water partition coefficient (Wildman–Crippen LogP) is 2.84. The molecule has 7 nitrogen and oxygen atoms in total. The summed E-state index contributed by atoms with van der Waals surface area (Å²) in [6.07, 6.45) is 7.94. The van der Waals surface area contributed by atoms with Crippen molar-refractivity contribution in [3.8, 4) is 11.6 Å². The van der Waals surface area contributed by atoms with E-state index in [-0.39, 0.29) is 0 Å². The molecule has 0 unspecified atom stereocenters. The SMILES string of the molecule is CN=C(NCCc1ccc(OC)cc1Cl)NCc1ccc(-n2ccnc2)nc1. The quantitative estimate of drug-likeness (QED) is 0.472. The van der Waals surface area contributed by atoms with Crippen molar-refractivity contribution in [2.24, 2.45) is 4.99 Å². The molecule has 0 aliphatic rings. The summed E-state index contributed by atoms with van der Waals surface area (Å²) in [5, 5.41) is 7.28. The average Bonchev–Trinajstić information content (AvgIpc) is 3.26. The summed E-state index contributed by atoms with van der Waals surface area (Å²) in [6.45, 7) is 1.34. The Bertz CT molecular complexity index is 909. The zero-order valence-corrected chi connectivity index (χ0v) is 16.6. The molecule has 0 saturated heterocycles. The van der Waals surface area contributed by atoms with Gasteiger partial charge in [-0.25, -0.2) is 9.97 Å². The number of ether oxygens (including phenoxy) is 1. The Morgan fingerprint density at radius 1 is 1.25 bits per heavy atom. The number of imidazole rings is 1. The summed E-state index contributed by atoms with van der Waals surface area (Å²) < 4.78 is 7.04. The van der Waals surface area contributed by atoms with E-state index in [4.69, 9.17) is 16.3 Å². The van der Waals surface area contributed by atoms with E-state index in [9.17, 15) is 0 Å². The molecule has 0 aliphatic heterocycles. The van der Waals surface area contributed by atoms with Gasteiger partial charge in [0.25, 0.3) is 0 Å². The van der Waals surface area contributed by atoms with Gasteiger partial charge in [-0.1, -0.05) is 23.7 Å². The second-order valence-electron chi connectivity index (χ2n) is 6.05. The van der Waals surface area contributed by atoms with Crippen LogP contribution in [0.3, 0.4) is 0 Å². The number of halogens is 1. The van der Waals surface area contributed by atoms with E-state index in [1.54, 1.807) is 26.7 Å². The third-order valence-electron chi connectivity index (χ3n) is 4.21. The van der Waals surface area contributed by atoms with Crippen molar-refractivity contribution in [2.75, 3.05) is 20.7 Å². The summed E-state index contributed by atoms with van der Waals surface area (Å²) >= 11 is 6.28. The van der Waals surface area contributed by atoms with Crippen LogP contribution < -0.4 is 15.4 Å². The number of nitrogens with one attached hydrogen (secondary N) is 2. The van der Waals surface area contributed by atoms with Gasteiger partial charge in [0, 0.05) is 43.8 Å². The highest BCUT2D eigenvalue weighted by Crippen LogP contribution is 2.22. The molecular formula is C20H23ClN6O. The number of nitrogens with zero attached hydrogens (tertiary/aromatic N) is 4. The minimum atomic E-state index is 0.625. The first-order valence-electron chi connectivity index (χ1n) is 8.90. The van der Waals surface area contributed by atoms with Crippen LogP contribution in [0.1, 0.15) is 11.1 Å². The zero-order chi connectivity index (χ0) is 19.8. The molecule has 0 fully saturated rings. The molecule has 0 radical (unpaired) electrons. The molecule has 2 heterocycles. The molecule has 0 atom stereocenters. The van der Waals surface area contributed by atoms with Gasteiger partial charge in [0.05, 0.1) is 7.11 Å². The molecule has 8 heteroatoms. The zero-order valence-electron chi connectivity index (χ0n) is 15.9. The van der Waals surface area contributed by atoms with Crippen molar-refractivity contribution in [3.63, 3.8) is 0 Å². The molecule has 2 N–H and O–H groups in total. The van der Waals surface area contributed by atoms with Gasteiger partial charge in [0.2, 0.25) is 0 Å². The summed E-state index contributed by atoms with van der Waals surface area (Å²) in [7, 11) is 3.37. The molecule has 3 rings (SSSR count).